The monoisotopic (exact) mass is 321 g/mol. The first kappa shape index (κ1) is 16.1. The zero-order valence-corrected chi connectivity index (χ0v) is 13.0. The molecule has 1 heterocycles. The minimum atomic E-state index is -0.372. The maximum absolute atomic E-state index is 12.9. The third kappa shape index (κ3) is 3.88. The van der Waals surface area contributed by atoms with E-state index in [0.717, 1.165) is 16.9 Å². The van der Waals surface area contributed by atoms with E-state index in [1.807, 2.05) is 6.92 Å². The van der Waals surface area contributed by atoms with Crippen LogP contribution < -0.4 is 10.6 Å². The van der Waals surface area contributed by atoms with Gasteiger partial charge in [0.05, 0.1) is 6.04 Å². The Labute approximate surface area is 131 Å². The van der Waals surface area contributed by atoms with Crippen molar-refractivity contribution in [3.05, 3.63) is 51.7 Å². The lowest BCUT2D eigenvalue weighted by Gasteiger charge is -2.13. The number of carbonyl (C=O) groups excluding carboxylic acids is 2. The average molecular weight is 321 g/mol. The van der Waals surface area contributed by atoms with Gasteiger partial charge in [0.15, 0.2) is 5.01 Å². The molecule has 0 bridgehead atoms. The van der Waals surface area contributed by atoms with E-state index in [4.69, 9.17) is 0 Å². The molecule has 1 unspecified atom stereocenters. The summed E-state index contributed by atoms with van der Waals surface area (Å²) in [7, 11) is 0. The third-order valence-electron chi connectivity index (χ3n) is 2.99. The number of halogens is 1. The van der Waals surface area contributed by atoms with Crippen LogP contribution in [0.4, 0.5) is 4.39 Å². The molecule has 116 valence electrons. The number of nitrogens with zero attached hydrogens (tertiary/aromatic N) is 1. The minimum Gasteiger partial charge on any atom is -0.350 e. The molecule has 2 rings (SSSR count). The number of amides is 2. The molecule has 0 radical (unpaired) electrons. The van der Waals surface area contributed by atoms with E-state index < -0.39 is 0 Å². The van der Waals surface area contributed by atoms with Crippen LogP contribution in [-0.4, -0.2) is 23.3 Å². The van der Waals surface area contributed by atoms with Gasteiger partial charge in [0.25, 0.3) is 11.8 Å². The normalized spacial score (nSPS) is 11.8. The lowest BCUT2D eigenvalue weighted by Crippen LogP contribution is -2.27. The summed E-state index contributed by atoms with van der Waals surface area (Å²) in [6.45, 7) is 4.10. The van der Waals surface area contributed by atoms with Gasteiger partial charge >= 0.3 is 0 Å². The molecule has 22 heavy (non-hydrogen) atoms. The zero-order valence-electron chi connectivity index (χ0n) is 12.2. The quantitative estimate of drug-likeness (QED) is 0.889. The molecule has 0 aliphatic heterocycles. The van der Waals surface area contributed by atoms with E-state index in [1.54, 1.807) is 19.1 Å². The van der Waals surface area contributed by atoms with Crippen molar-refractivity contribution in [2.75, 3.05) is 6.54 Å². The van der Waals surface area contributed by atoms with Gasteiger partial charge < -0.3 is 10.6 Å². The van der Waals surface area contributed by atoms with Crippen molar-refractivity contribution >= 4 is 23.2 Å². The van der Waals surface area contributed by atoms with Gasteiger partial charge in [-0.3, -0.25) is 9.59 Å². The summed E-state index contributed by atoms with van der Waals surface area (Å²) < 4.78 is 12.9. The largest absolute Gasteiger partial charge is 0.350 e. The van der Waals surface area contributed by atoms with E-state index in [0.29, 0.717) is 6.54 Å². The van der Waals surface area contributed by atoms with Gasteiger partial charge in [0, 0.05) is 11.9 Å². The second-order valence-corrected chi connectivity index (χ2v) is 5.50. The molecule has 7 heteroatoms. The van der Waals surface area contributed by atoms with Crippen molar-refractivity contribution in [1.29, 1.82) is 0 Å². The van der Waals surface area contributed by atoms with E-state index in [-0.39, 0.29) is 34.4 Å². The van der Waals surface area contributed by atoms with Crippen LogP contribution in [0.2, 0.25) is 0 Å². The van der Waals surface area contributed by atoms with Gasteiger partial charge in [0.1, 0.15) is 11.5 Å². The molecule has 0 saturated heterocycles. The number of nitrogens with one attached hydrogen (secondary N) is 2. The number of rotatable bonds is 5. The Morgan fingerprint density at radius 1 is 1.27 bits per heavy atom. The van der Waals surface area contributed by atoms with E-state index in [2.05, 4.69) is 15.6 Å². The van der Waals surface area contributed by atoms with Crippen molar-refractivity contribution in [2.24, 2.45) is 0 Å². The molecular weight excluding hydrogens is 305 g/mol. The molecule has 0 aliphatic carbocycles. The van der Waals surface area contributed by atoms with Gasteiger partial charge in [-0.05, 0) is 31.5 Å². The molecule has 0 fully saturated rings. The van der Waals surface area contributed by atoms with Gasteiger partial charge in [-0.2, -0.15) is 0 Å². The minimum absolute atomic E-state index is 0.195. The average Bonchev–Trinajstić information content (AvgIpc) is 2.98. The standard InChI is InChI=1S/C15H16FN3O2S/c1-3-17-14(21)15-19-12(8-22-15)13(20)18-9(2)10-4-6-11(16)7-5-10/h4-9H,3H2,1-2H3,(H,17,21)(H,18,20). The zero-order chi connectivity index (χ0) is 16.1. The SMILES string of the molecule is CCNC(=O)c1nc(C(=O)NC(C)c2ccc(F)cc2)cs1. The molecule has 1 aromatic heterocycles. The van der Waals surface area contributed by atoms with Gasteiger partial charge in [-0.15, -0.1) is 11.3 Å². The van der Waals surface area contributed by atoms with Crippen molar-refractivity contribution in [3.63, 3.8) is 0 Å². The fourth-order valence-electron chi connectivity index (χ4n) is 1.82. The Balaban J connectivity index is 2.02. The lowest BCUT2D eigenvalue weighted by atomic mass is 10.1. The number of hydrogen-bond acceptors (Lipinski definition) is 4. The van der Waals surface area contributed by atoms with Crippen molar-refractivity contribution < 1.29 is 14.0 Å². The molecule has 0 aliphatic rings. The second-order valence-electron chi connectivity index (χ2n) is 4.64. The summed E-state index contributed by atoms with van der Waals surface area (Å²) in [4.78, 5) is 27.8. The predicted molar refractivity (Wildman–Crippen MR) is 82.4 cm³/mol. The van der Waals surface area contributed by atoms with Crippen molar-refractivity contribution in [3.8, 4) is 0 Å². The van der Waals surface area contributed by atoms with Gasteiger partial charge in [-0.1, -0.05) is 12.1 Å². The van der Waals surface area contributed by atoms with Crippen molar-refractivity contribution in [1.82, 2.24) is 15.6 Å². The topological polar surface area (TPSA) is 71.1 Å². The molecule has 2 N–H and O–H groups in total. The van der Waals surface area contributed by atoms with Crippen LogP contribution >= 0.6 is 11.3 Å². The van der Waals surface area contributed by atoms with E-state index >= 15 is 0 Å². The highest BCUT2D eigenvalue weighted by molar-refractivity contribution is 7.11. The Morgan fingerprint density at radius 2 is 1.95 bits per heavy atom. The van der Waals surface area contributed by atoms with Crippen LogP contribution in [0.3, 0.4) is 0 Å². The van der Waals surface area contributed by atoms with Crippen LogP contribution in [-0.2, 0) is 0 Å². The number of thiazole rings is 1. The predicted octanol–water partition coefficient (Wildman–Crippen LogP) is 2.52. The highest BCUT2D eigenvalue weighted by Gasteiger charge is 2.17. The summed E-state index contributed by atoms with van der Waals surface area (Å²) in [5.41, 5.74) is 0.981. The summed E-state index contributed by atoms with van der Waals surface area (Å²) in [5.74, 6) is -0.991. The van der Waals surface area contributed by atoms with Crippen LogP contribution in [0.5, 0.6) is 0 Å². The Morgan fingerprint density at radius 3 is 2.59 bits per heavy atom. The maximum atomic E-state index is 12.9. The molecule has 2 aromatic rings. The first-order chi connectivity index (χ1) is 10.5. The summed E-state index contributed by atoms with van der Waals surface area (Å²) >= 11 is 1.12. The lowest BCUT2D eigenvalue weighted by molar-refractivity contribution is 0.0935. The van der Waals surface area contributed by atoms with E-state index in [9.17, 15) is 14.0 Å². The van der Waals surface area contributed by atoms with Gasteiger partial charge in [0.2, 0.25) is 0 Å². The molecule has 2 amide bonds. The summed E-state index contributed by atoms with van der Waals surface area (Å²) in [5, 5.41) is 7.19. The van der Waals surface area contributed by atoms with Crippen LogP contribution in [0.1, 0.15) is 45.7 Å². The van der Waals surface area contributed by atoms with Gasteiger partial charge in [-0.25, -0.2) is 9.37 Å². The van der Waals surface area contributed by atoms with Crippen LogP contribution in [0.15, 0.2) is 29.6 Å². The molecule has 1 aromatic carbocycles. The summed E-state index contributed by atoms with van der Waals surface area (Å²) in [6.07, 6.45) is 0. The number of hydrogen-bond donors (Lipinski definition) is 2. The molecule has 5 nitrogen and oxygen atoms in total. The molecular formula is C15H16FN3O2S. The maximum Gasteiger partial charge on any atom is 0.280 e. The Hall–Kier alpha value is -2.28. The van der Waals surface area contributed by atoms with Crippen LogP contribution in [0, 0.1) is 5.82 Å². The van der Waals surface area contributed by atoms with E-state index in [1.165, 1.54) is 17.5 Å². The molecule has 0 spiro atoms. The smallest absolute Gasteiger partial charge is 0.280 e. The fraction of sp³-hybridized carbons (Fsp3) is 0.267. The first-order valence-corrected chi connectivity index (χ1v) is 7.69. The first-order valence-electron chi connectivity index (χ1n) is 6.81. The number of aromatic nitrogens is 1. The summed E-state index contributed by atoms with van der Waals surface area (Å²) in [6, 6.07) is 5.62. The molecule has 1 atom stereocenters. The molecule has 0 saturated carbocycles. The van der Waals surface area contributed by atoms with Crippen LogP contribution in [0.25, 0.3) is 0 Å². The Kier molecular flexibility index (Phi) is 5.21. The highest BCUT2D eigenvalue weighted by atomic mass is 32.1. The Bertz CT molecular complexity index is 670. The number of carbonyl (C=O) groups is 2. The fourth-order valence-corrected chi connectivity index (χ4v) is 2.54. The highest BCUT2D eigenvalue weighted by Crippen LogP contribution is 2.15. The van der Waals surface area contributed by atoms with Crippen molar-refractivity contribution in [2.45, 2.75) is 19.9 Å². The second kappa shape index (κ2) is 7.13. The third-order valence-corrected chi connectivity index (χ3v) is 3.83. The number of benzene rings is 1.